The molecule has 0 saturated carbocycles. The molecule has 84 valence electrons. The maximum absolute atomic E-state index is 4.09. The highest BCUT2D eigenvalue weighted by Gasteiger charge is 2.14. The molecule has 1 saturated heterocycles. The Labute approximate surface area is 94.6 Å². The number of rotatable bonds is 6. The normalized spacial score (nSPS) is 20.9. The summed E-state index contributed by atoms with van der Waals surface area (Å²) in [6.07, 6.45) is 5.08. The van der Waals surface area contributed by atoms with Crippen molar-refractivity contribution in [3.8, 4) is 0 Å². The van der Waals surface area contributed by atoms with Gasteiger partial charge in [0.25, 0.3) is 0 Å². The molecule has 1 aromatic rings. The minimum absolute atomic E-state index is 0.903. The first-order chi connectivity index (χ1) is 7.45. The van der Waals surface area contributed by atoms with Gasteiger partial charge in [-0.2, -0.15) is 16.9 Å². The first-order valence-corrected chi connectivity index (χ1v) is 6.73. The Morgan fingerprint density at radius 3 is 3.33 bits per heavy atom. The maximum Gasteiger partial charge on any atom is 0.137 e. The van der Waals surface area contributed by atoms with Crippen molar-refractivity contribution >= 4 is 11.8 Å². The van der Waals surface area contributed by atoms with Crippen LogP contribution in [0.1, 0.15) is 18.7 Å². The highest BCUT2D eigenvalue weighted by atomic mass is 32.2. The number of hydrogen-bond donors (Lipinski definition) is 2. The number of nitrogens with zero attached hydrogens (tertiary/aromatic N) is 2. The van der Waals surface area contributed by atoms with E-state index in [1.807, 2.05) is 0 Å². The van der Waals surface area contributed by atoms with Crippen molar-refractivity contribution in [3.63, 3.8) is 0 Å². The molecule has 0 spiro atoms. The van der Waals surface area contributed by atoms with Crippen molar-refractivity contribution in [1.82, 2.24) is 20.5 Å². The largest absolute Gasteiger partial charge is 0.316 e. The Balaban J connectivity index is 1.48. The predicted octanol–water partition coefficient (Wildman–Crippen LogP) is 1.08. The van der Waals surface area contributed by atoms with Gasteiger partial charge in [-0.15, -0.1) is 0 Å². The zero-order chi connectivity index (χ0) is 10.3. The summed E-state index contributed by atoms with van der Waals surface area (Å²) in [5, 5.41) is 10.2. The Morgan fingerprint density at radius 1 is 1.60 bits per heavy atom. The second-order valence-electron chi connectivity index (χ2n) is 3.97. The third kappa shape index (κ3) is 3.83. The molecule has 2 heterocycles. The molecule has 1 unspecified atom stereocenters. The third-order valence-electron chi connectivity index (χ3n) is 2.69. The molecule has 0 bridgehead atoms. The van der Waals surface area contributed by atoms with E-state index >= 15 is 0 Å². The van der Waals surface area contributed by atoms with Crippen LogP contribution in [0.3, 0.4) is 0 Å². The fourth-order valence-corrected chi connectivity index (χ4v) is 3.07. The minimum Gasteiger partial charge on any atom is -0.316 e. The third-order valence-corrected chi connectivity index (χ3v) is 3.92. The van der Waals surface area contributed by atoms with Gasteiger partial charge >= 0.3 is 0 Å². The summed E-state index contributed by atoms with van der Waals surface area (Å²) in [7, 11) is 0. The molecule has 1 aliphatic rings. The van der Waals surface area contributed by atoms with Crippen LogP contribution in [0.4, 0.5) is 0 Å². The Bertz CT molecular complexity index is 256. The smallest absolute Gasteiger partial charge is 0.137 e. The molecule has 2 N–H and O–H groups in total. The highest BCUT2D eigenvalue weighted by Crippen LogP contribution is 2.22. The summed E-state index contributed by atoms with van der Waals surface area (Å²) in [4.78, 5) is 4.09. The molecule has 4 nitrogen and oxygen atoms in total. The molecule has 0 radical (unpaired) electrons. The SMILES string of the molecule is c1n[nH]c(CCCNCC2CCSC2)n1. The van der Waals surface area contributed by atoms with Crippen molar-refractivity contribution in [3.05, 3.63) is 12.2 Å². The predicted molar refractivity (Wildman–Crippen MR) is 63.0 cm³/mol. The van der Waals surface area contributed by atoms with E-state index in [9.17, 15) is 0 Å². The van der Waals surface area contributed by atoms with E-state index in [2.05, 4.69) is 32.3 Å². The van der Waals surface area contributed by atoms with Crippen LogP contribution in [-0.4, -0.2) is 39.8 Å². The van der Waals surface area contributed by atoms with Crippen LogP contribution in [0.2, 0.25) is 0 Å². The average Bonchev–Trinajstić information content (AvgIpc) is 2.88. The van der Waals surface area contributed by atoms with E-state index in [4.69, 9.17) is 0 Å². The number of thioether (sulfide) groups is 1. The van der Waals surface area contributed by atoms with E-state index in [0.29, 0.717) is 0 Å². The quantitative estimate of drug-likeness (QED) is 0.713. The average molecular weight is 226 g/mol. The summed E-state index contributed by atoms with van der Waals surface area (Å²) in [5.41, 5.74) is 0. The van der Waals surface area contributed by atoms with Crippen molar-refractivity contribution in [2.45, 2.75) is 19.3 Å². The number of hydrogen-bond acceptors (Lipinski definition) is 4. The van der Waals surface area contributed by atoms with Crippen LogP contribution >= 0.6 is 11.8 Å². The Morgan fingerprint density at radius 2 is 2.60 bits per heavy atom. The molecular weight excluding hydrogens is 208 g/mol. The molecule has 1 aliphatic heterocycles. The van der Waals surface area contributed by atoms with Gasteiger partial charge in [-0.1, -0.05) is 0 Å². The van der Waals surface area contributed by atoms with Gasteiger partial charge in [0.1, 0.15) is 12.2 Å². The minimum atomic E-state index is 0.903. The second kappa shape index (κ2) is 6.12. The van der Waals surface area contributed by atoms with Crippen molar-refractivity contribution in [1.29, 1.82) is 0 Å². The lowest BCUT2D eigenvalue weighted by molar-refractivity contribution is 0.516. The van der Waals surface area contributed by atoms with Gasteiger partial charge in [0.15, 0.2) is 0 Å². The van der Waals surface area contributed by atoms with Crippen molar-refractivity contribution < 1.29 is 0 Å². The summed E-state index contributed by atoms with van der Waals surface area (Å²) in [5.74, 6) is 4.59. The lowest BCUT2D eigenvalue weighted by atomic mass is 10.1. The van der Waals surface area contributed by atoms with E-state index in [-0.39, 0.29) is 0 Å². The van der Waals surface area contributed by atoms with E-state index < -0.39 is 0 Å². The number of aromatic nitrogens is 3. The van der Waals surface area contributed by atoms with Crippen LogP contribution in [0.15, 0.2) is 6.33 Å². The van der Waals surface area contributed by atoms with E-state index in [1.165, 1.54) is 24.5 Å². The van der Waals surface area contributed by atoms with Gasteiger partial charge in [-0.25, -0.2) is 4.98 Å². The number of aromatic amines is 1. The summed E-state index contributed by atoms with van der Waals surface area (Å²) >= 11 is 2.08. The first-order valence-electron chi connectivity index (χ1n) is 5.58. The molecule has 0 amide bonds. The second-order valence-corrected chi connectivity index (χ2v) is 5.12. The van der Waals surface area contributed by atoms with Gasteiger partial charge in [-0.3, -0.25) is 5.10 Å². The lowest BCUT2D eigenvalue weighted by Crippen LogP contribution is -2.24. The fourth-order valence-electron chi connectivity index (χ4n) is 1.78. The molecule has 5 heteroatoms. The standard InChI is InChI=1S/C10H18N4S/c1(2-10-12-8-13-14-10)4-11-6-9-3-5-15-7-9/h8-9,11H,1-7H2,(H,12,13,14). The molecule has 2 rings (SSSR count). The highest BCUT2D eigenvalue weighted by molar-refractivity contribution is 7.99. The van der Waals surface area contributed by atoms with Gasteiger partial charge in [0.05, 0.1) is 0 Å². The summed E-state index contributed by atoms with van der Waals surface area (Å²) in [6, 6.07) is 0. The van der Waals surface area contributed by atoms with Crippen LogP contribution in [0.25, 0.3) is 0 Å². The van der Waals surface area contributed by atoms with Crippen LogP contribution in [-0.2, 0) is 6.42 Å². The monoisotopic (exact) mass is 226 g/mol. The van der Waals surface area contributed by atoms with Gasteiger partial charge < -0.3 is 5.32 Å². The Hall–Kier alpha value is -0.550. The molecule has 1 atom stereocenters. The molecular formula is C10H18N4S. The number of aryl methyl sites for hydroxylation is 1. The molecule has 15 heavy (non-hydrogen) atoms. The lowest BCUT2D eigenvalue weighted by Gasteiger charge is -2.08. The summed E-state index contributed by atoms with van der Waals surface area (Å²) < 4.78 is 0. The van der Waals surface area contributed by atoms with Gasteiger partial charge in [0.2, 0.25) is 0 Å². The topological polar surface area (TPSA) is 53.6 Å². The first kappa shape index (κ1) is 11.0. The number of nitrogens with one attached hydrogen (secondary N) is 2. The molecule has 1 aromatic heterocycles. The van der Waals surface area contributed by atoms with Crippen molar-refractivity contribution in [2.75, 3.05) is 24.6 Å². The zero-order valence-electron chi connectivity index (χ0n) is 8.91. The van der Waals surface area contributed by atoms with E-state index in [1.54, 1.807) is 6.33 Å². The van der Waals surface area contributed by atoms with E-state index in [0.717, 1.165) is 31.1 Å². The van der Waals surface area contributed by atoms with Crippen LogP contribution < -0.4 is 5.32 Å². The number of H-pyrrole nitrogens is 1. The van der Waals surface area contributed by atoms with Crippen LogP contribution in [0, 0.1) is 5.92 Å². The fraction of sp³-hybridized carbons (Fsp3) is 0.800. The van der Waals surface area contributed by atoms with Crippen molar-refractivity contribution in [2.24, 2.45) is 5.92 Å². The summed E-state index contributed by atoms with van der Waals surface area (Å²) in [6.45, 7) is 2.27. The maximum atomic E-state index is 4.09. The Kier molecular flexibility index (Phi) is 4.47. The van der Waals surface area contributed by atoms with Crippen LogP contribution in [0.5, 0.6) is 0 Å². The van der Waals surface area contributed by atoms with Gasteiger partial charge in [-0.05, 0) is 43.4 Å². The molecule has 1 fully saturated rings. The zero-order valence-corrected chi connectivity index (χ0v) is 9.72. The molecule has 0 aliphatic carbocycles. The van der Waals surface area contributed by atoms with Gasteiger partial charge in [0, 0.05) is 6.42 Å². The molecule has 0 aromatic carbocycles.